The summed E-state index contributed by atoms with van der Waals surface area (Å²) < 4.78 is 1.31. The number of anilines is 1. The molecule has 3 aromatic heterocycles. The van der Waals surface area contributed by atoms with Gasteiger partial charge in [-0.1, -0.05) is 24.6 Å². The van der Waals surface area contributed by atoms with E-state index in [1.165, 1.54) is 28.2 Å². The molecule has 1 aromatic carbocycles. The van der Waals surface area contributed by atoms with Crippen LogP contribution in [0.15, 0.2) is 46.6 Å². The fraction of sp³-hybridized carbons (Fsp3) is 0.143. The first-order valence-corrected chi connectivity index (χ1v) is 11.0. The molecule has 4 aromatic rings. The highest BCUT2D eigenvalue weighted by molar-refractivity contribution is 7.13. The van der Waals surface area contributed by atoms with E-state index in [9.17, 15) is 19.7 Å². The van der Waals surface area contributed by atoms with Crippen molar-refractivity contribution in [3.63, 3.8) is 0 Å². The van der Waals surface area contributed by atoms with Crippen LogP contribution < -0.4 is 10.9 Å². The maximum absolute atomic E-state index is 13.0. The topological polar surface area (TPSA) is 136 Å². The lowest BCUT2D eigenvalue weighted by Crippen LogP contribution is -2.22. The molecular weight excluding hydrogens is 468 g/mol. The second-order valence-electron chi connectivity index (χ2n) is 6.99. The molecule has 0 spiro atoms. The van der Waals surface area contributed by atoms with Crippen molar-refractivity contribution in [2.75, 3.05) is 5.32 Å². The Morgan fingerprint density at radius 2 is 2.12 bits per heavy atom. The third kappa shape index (κ3) is 4.41. The van der Waals surface area contributed by atoms with Gasteiger partial charge in [0.1, 0.15) is 11.5 Å². The number of aryl methyl sites for hydroxylation is 1. The summed E-state index contributed by atoms with van der Waals surface area (Å²) in [6.45, 7) is 3.58. The number of halogens is 1. The van der Waals surface area contributed by atoms with Crippen molar-refractivity contribution in [3.8, 4) is 16.5 Å². The second-order valence-corrected chi connectivity index (χ2v) is 8.34. The van der Waals surface area contributed by atoms with Crippen LogP contribution in [0.1, 0.15) is 28.5 Å². The zero-order chi connectivity index (χ0) is 23.7. The van der Waals surface area contributed by atoms with Gasteiger partial charge in [-0.3, -0.25) is 24.7 Å². The highest BCUT2D eigenvalue weighted by Gasteiger charge is 2.21. The Morgan fingerprint density at radius 1 is 1.33 bits per heavy atom. The van der Waals surface area contributed by atoms with Crippen LogP contribution in [0.5, 0.6) is 0 Å². The lowest BCUT2D eigenvalue weighted by atomic mass is 10.2. The molecule has 0 aliphatic heterocycles. The van der Waals surface area contributed by atoms with Gasteiger partial charge < -0.3 is 5.32 Å². The number of rotatable bonds is 6. The molecule has 0 aliphatic carbocycles. The Kier molecular flexibility index (Phi) is 6.07. The van der Waals surface area contributed by atoms with Crippen LogP contribution in [0.4, 0.5) is 11.5 Å². The number of aromatic amines is 1. The Morgan fingerprint density at radius 3 is 2.76 bits per heavy atom. The van der Waals surface area contributed by atoms with Crippen molar-refractivity contribution < 1.29 is 9.72 Å². The summed E-state index contributed by atoms with van der Waals surface area (Å²) in [7, 11) is 0. The van der Waals surface area contributed by atoms with E-state index in [0.717, 1.165) is 10.9 Å². The molecule has 168 valence electrons. The molecular formula is C21H17ClN6O4S. The van der Waals surface area contributed by atoms with E-state index >= 15 is 0 Å². The first kappa shape index (κ1) is 22.4. The highest BCUT2D eigenvalue weighted by atomic mass is 35.5. The standard InChI is InChI=1S/C21H17ClN6O4S/c1-3-13-11(2)23-21(25-19(13)29)27-18(10-16(26-27)17-5-4-8-33-17)24-20(30)14-9-12(28(31)32)6-7-15(14)22/h4-10H,3H2,1-2H3,(H,24,30)(H,23,25,29). The van der Waals surface area contributed by atoms with Gasteiger partial charge in [0.25, 0.3) is 17.2 Å². The van der Waals surface area contributed by atoms with Gasteiger partial charge in [-0.05, 0) is 30.9 Å². The summed E-state index contributed by atoms with van der Waals surface area (Å²) in [5, 5.41) is 20.2. The normalized spacial score (nSPS) is 10.9. The number of hydrogen-bond acceptors (Lipinski definition) is 7. The molecule has 0 saturated heterocycles. The van der Waals surface area contributed by atoms with Crippen molar-refractivity contribution in [2.45, 2.75) is 20.3 Å². The number of nitro benzene ring substituents is 1. The molecule has 0 saturated carbocycles. The minimum Gasteiger partial charge on any atom is -0.306 e. The Bertz CT molecular complexity index is 1430. The number of non-ortho nitro benzene ring substituents is 1. The number of aromatic nitrogens is 4. The lowest BCUT2D eigenvalue weighted by Gasteiger charge is -2.10. The van der Waals surface area contributed by atoms with Gasteiger partial charge in [0.2, 0.25) is 5.95 Å². The largest absolute Gasteiger partial charge is 0.306 e. The van der Waals surface area contributed by atoms with Crippen LogP contribution in [0.2, 0.25) is 5.02 Å². The van der Waals surface area contributed by atoms with Crippen molar-refractivity contribution in [2.24, 2.45) is 0 Å². The molecule has 4 rings (SSSR count). The van der Waals surface area contributed by atoms with Gasteiger partial charge >= 0.3 is 0 Å². The molecule has 0 bridgehead atoms. The summed E-state index contributed by atoms with van der Waals surface area (Å²) in [5.41, 5.74) is 1.00. The lowest BCUT2D eigenvalue weighted by molar-refractivity contribution is -0.384. The fourth-order valence-corrected chi connectivity index (χ4v) is 4.16. The van der Waals surface area contributed by atoms with Crippen molar-refractivity contribution in [1.82, 2.24) is 19.7 Å². The number of nitrogens with zero attached hydrogens (tertiary/aromatic N) is 4. The predicted octanol–water partition coefficient (Wildman–Crippen LogP) is 4.37. The number of benzene rings is 1. The van der Waals surface area contributed by atoms with Gasteiger partial charge in [-0.2, -0.15) is 9.78 Å². The van der Waals surface area contributed by atoms with E-state index in [0.29, 0.717) is 23.4 Å². The van der Waals surface area contributed by atoms with Crippen molar-refractivity contribution in [3.05, 3.63) is 84.1 Å². The number of carbonyl (C=O) groups excluding carboxylic acids is 1. The SMILES string of the molecule is CCc1c(C)nc(-n2nc(-c3cccs3)cc2NC(=O)c2cc([N+](=O)[O-])ccc2Cl)[nH]c1=O. The van der Waals surface area contributed by atoms with Gasteiger partial charge in [0.15, 0.2) is 0 Å². The summed E-state index contributed by atoms with van der Waals surface area (Å²) in [5.74, 6) is -0.345. The number of carbonyl (C=O) groups is 1. The summed E-state index contributed by atoms with van der Waals surface area (Å²) in [4.78, 5) is 44.0. The zero-order valence-electron chi connectivity index (χ0n) is 17.5. The Labute approximate surface area is 196 Å². The first-order chi connectivity index (χ1) is 15.8. The van der Waals surface area contributed by atoms with Crippen LogP contribution in [0.3, 0.4) is 0 Å². The molecule has 0 fully saturated rings. The summed E-state index contributed by atoms with van der Waals surface area (Å²) >= 11 is 7.57. The van der Waals surface area contributed by atoms with Crippen LogP contribution in [-0.4, -0.2) is 30.6 Å². The van der Waals surface area contributed by atoms with Crippen LogP contribution in [-0.2, 0) is 6.42 Å². The Balaban J connectivity index is 1.80. The first-order valence-electron chi connectivity index (χ1n) is 9.78. The molecule has 0 radical (unpaired) electrons. The molecule has 3 heterocycles. The van der Waals surface area contributed by atoms with Crippen molar-refractivity contribution in [1.29, 1.82) is 0 Å². The van der Waals surface area contributed by atoms with Gasteiger partial charge in [0.05, 0.1) is 20.4 Å². The molecule has 33 heavy (non-hydrogen) atoms. The van der Waals surface area contributed by atoms with Gasteiger partial charge in [0, 0.05) is 29.5 Å². The highest BCUT2D eigenvalue weighted by Crippen LogP contribution is 2.29. The van der Waals surface area contributed by atoms with Crippen LogP contribution >= 0.6 is 22.9 Å². The van der Waals surface area contributed by atoms with E-state index in [-0.39, 0.29) is 33.6 Å². The zero-order valence-corrected chi connectivity index (χ0v) is 19.0. The predicted molar refractivity (Wildman–Crippen MR) is 125 cm³/mol. The third-order valence-corrected chi connectivity index (χ3v) is 6.12. The number of amides is 1. The minimum atomic E-state index is -0.674. The van der Waals surface area contributed by atoms with E-state index in [4.69, 9.17) is 11.6 Å². The van der Waals surface area contributed by atoms with Gasteiger partial charge in [-0.25, -0.2) is 4.98 Å². The minimum absolute atomic E-state index is 0.0531. The number of nitrogens with one attached hydrogen (secondary N) is 2. The van der Waals surface area contributed by atoms with E-state index in [1.807, 2.05) is 24.4 Å². The monoisotopic (exact) mass is 484 g/mol. The summed E-state index contributed by atoms with van der Waals surface area (Å²) in [6.07, 6.45) is 0.517. The summed E-state index contributed by atoms with van der Waals surface area (Å²) in [6, 6.07) is 8.94. The average Bonchev–Trinajstić information content (AvgIpc) is 3.43. The van der Waals surface area contributed by atoms with E-state index < -0.39 is 10.8 Å². The quantitative estimate of drug-likeness (QED) is 0.308. The molecule has 1 amide bonds. The number of H-pyrrole nitrogens is 1. The number of hydrogen-bond donors (Lipinski definition) is 2. The maximum Gasteiger partial charge on any atom is 0.270 e. The molecule has 2 N–H and O–H groups in total. The fourth-order valence-electron chi connectivity index (χ4n) is 3.27. The molecule has 10 nitrogen and oxygen atoms in total. The smallest absolute Gasteiger partial charge is 0.270 e. The average molecular weight is 485 g/mol. The number of thiophene rings is 1. The van der Waals surface area contributed by atoms with Crippen LogP contribution in [0, 0.1) is 17.0 Å². The Hall–Kier alpha value is -3.83. The molecule has 12 heteroatoms. The van der Waals surface area contributed by atoms with Gasteiger partial charge in [-0.15, -0.1) is 11.3 Å². The second kappa shape index (κ2) is 8.96. The van der Waals surface area contributed by atoms with E-state index in [1.54, 1.807) is 13.0 Å². The maximum atomic E-state index is 13.0. The van der Waals surface area contributed by atoms with Crippen LogP contribution in [0.25, 0.3) is 16.5 Å². The van der Waals surface area contributed by atoms with Crippen molar-refractivity contribution >= 4 is 40.4 Å². The molecule has 0 unspecified atom stereocenters. The molecule has 0 atom stereocenters. The third-order valence-electron chi connectivity index (χ3n) is 4.89. The van der Waals surface area contributed by atoms with E-state index in [2.05, 4.69) is 20.4 Å². The molecule has 0 aliphatic rings. The number of nitro groups is 1.